The van der Waals surface area contributed by atoms with E-state index in [0.29, 0.717) is 36.2 Å². The molecule has 0 saturated carbocycles. The van der Waals surface area contributed by atoms with E-state index in [0.717, 1.165) is 5.56 Å². The maximum Gasteiger partial charge on any atom is 0.235 e. The SMILES string of the molecule is Cc1cc(N2C[C@]34C=C[C@@H](O3)[C@H](C(=O)NCc3ccc5c(c3)OCO5)[C@H]4C2=O)no1. The first-order valence-corrected chi connectivity index (χ1v) is 9.82. The predicted molar refractivity (Wildman–Crippen MR) is 102 cm³/mol. The second kappa shape index (κ2) is 6.09. The zero-order chi connectivity index (χ0) is 20.5. The molecule has 9 heteroatoms. The minimum Gasteiger partial charge on any atom is -0.454 e. The Hall–Kier alpha value is -3.33. The van der Waals surface area contributed by atoms with E-state index in [9.17, 15) is 9.59 Å². The highest BCUT2D eigenvalue weighted by Crippen LogP contribution is 2.52. The van der Waals surface area contributed by atoms with Gasteiger partial charge in [-0.25, -0.2) is 0 Å². The molecule has 2 aromatic rings. The van der Waals surface area contributed by atoms with Gasteiger partial charge in [-0.3, -0.25) is 14.5 Å². The van der Waals surface area contributed by atoms with Crippen LogP contribution in [0.5, 0.6) is 11.5 Å². The van der Waals surface area contributed by atoms with Gasteiger partial charge in [0.2, 0.25) is 18.6 Å². The first kappa shape index (κ1) is 17.5. The number of rotatable bonds is 4. The van der Waals surface area contributed by atoms with E-state index in [2.05, 4.69) is 10.5 Å². The van der Waals surface area contributed by atoms with Gasteiger partial charge >= 0.3 is 0 Å². The van der Waals surface area contributed by atoms with Crippen molar-refractivity contribution < 1.29 is 28.3 Å². The van der Waals surface area contributed by atoms with E-state index in [4.69, 9.17) is 18.7 Å². The molecule has 2 fully saturated rings. The van der Waals surface area contributed by atoms with Gasteiger partial charge in [0.15, 0.2) is 17.3 Å². The molecule has 9 nitrogen and oxygen atoms in total. The van der Waals surface area contributed by atoms with Crippen LogP contribution in [-0.2, 0) is 20.9 Å². The van der Waals surface area contributed by atoms with E-state index in [-0.39, 0.29) is 18.6 Å². The molecule has 0 unspecified atom stereocenters. The zero-order valence-corrected chi connectivity index (χ0v) is 16.2. The van der Waals surface area contributed by atoms with Crippen molar-refractivity contribution in [2.45, 2.75) is 25.2 Å². The summed E-state index contributed by atoms with van der Waals surface area (Å²) in [6, 6.07) is 7.25. The lowest BCUT2D eigenvalue weighted by Gasteiger charge is -2.23. The number of benzene rings is 1. The van der Waals surface area contributed by atoms with E-state index in [1.54, 1.807) is 17.9 Å². The minimum atomic E-state index is -0.796. The molecule has 30 heavy (non-hydrogen) atoms. The Bertz CT molecular complexity index is 1090. The van der Waals surface area contributed by atoms with Crippen molar-refractivity contribution >= 4 is 17.6 Å². The van der Waals surface area contributed by atoms with Crippen LogP contribution in [-0.4, -0.2) is 42.0 Å². The highest BCUT2D eigenvalue weighted by molar-refractivity contribution is 6.02. The Labute approximate surface area is 171 Å². The van der Waals surface area contributed by atoms with E-state index >= 15 is 0 Å². The number of hydrogen-bond donors (Lipinski definition) is 1. The summed E-state index contributed by atoms with van der Waals surface area (Å²) >= 11 is 0. The fraction of sp³-hybridized carbons (Fsp3) is 0.381. The smallest absolute Gasteiger partial charge is 0.235 e. The molecular formula is C21H19N3O6. The lowest BCUT2D eigenvalue weighted by molar-refractivity contribution is -0.132. The molecule has 0 aliphatic carbocycles. The first-order chi connectivity index (χ1) is 14.5. The van der Waals surface area contributed by atoms with Crippen molar-refractivity contribution in [2.24, 2.45) is 11.8 Å². The summed E-state index contributed by atoms with van der Waals surface area (Å²) in [4.78, 5) is 27.9. The highest BCUT2D eigenvalue weighted by Gasteiger charge is 2.67. The number of anilines is 1. The summed E-state index contributed by atoms with van der Waals surface area (Å²) in [7, 11) is 0. The largest absolute Gasteiger partial charge is 0.454 e. The maximum absolute atomic E-state index is 13.2. The van der Waals surface area contributed by atoms with Crippen molar-refractivity contribution in [1.82, 2.24) is 10.5 Å². The van der Waals surface area contributed by atoms with Crippen LogP contribution in [0.3, 0.4) is 0 Å². The predicted octanol–water partition coefficient (Wildman–Crippen LogP) is 1.31. The zero-order valence-electron chi connectivity index (χ0n) is 16.2. The number of fused-ring (bicyclic) bond motifs is 2. The van der Waals surface area contributed by atoms with Gasteiger partial charge in [-0.2, -0.15) is 0 Å². The molecule has 2 amide bonds. The molecule has 154 valence electrons. The molecule has 0 radical (unpaired) electrons. The average molecular weight is 409 g/mol. The third-order valence-electron chi connectivity index (χ3n) is 6.20. The summed E-state index contributed by atoms with van der Waals surface area (Å²) in [5, 5.41) is 6.91. The average Bonchev–Trinajstić information content (AvgIpc) is 3.53. The molecule has 1 aromatic carbocycles. The minimum absolute atomic E-state index is 0.168. The van der Waals surface area contributed by atoms with E-state index in [1.807, 2.05) is 30.4 Å². The van der Waals surface area contributed by atoms with Gasteiger partial charge in [0.25, 0.3) is 0 Å². The Morgan fingerprint density at radius 1 is 1.30 bits per heavy atom. The number of aromatic nitrogens is 1. The van der Waals surface area contributed by atoms with Crippen LogP contribution in [0.25, 0.3) is 0 Å². The van der Waals surface area contributed by atoms with Gasteiger partial charge in [0.05, 0.1) is 24.5 Å². The Morgan fingerprint density at radius 3 is 3.00 bits per heavy atom. The second-order valence-corrected chi connectivity index (χ2v) is 8.03. The standard InChI is InChI=1S/C21H19N3O6/c1-11-6-16(23-30-11)24-9-21-5-4-14(29-21)17(18(21)20(24)26)19(25)22-8-12-2-3-13-15(7-12)28-10-27-13/h2-7,14,17-18H,8-10H2,1H3,(H,22,25)/t14-,17+,18+,21+/m1/s1. The van der Waals surface area contributed by atoms with Crippen LogP contribution in [0, 0.1) is 18.8 Å². The van der Waals surface area contributed by atoms with Gasteiger partial charge in [0, 0.05) is 12.6 Å². The molecule has 2 saturated heterocycles. The van der Waals surface area contributed by atoms with Gasteiger partial charge < -0.3 is 24.1 Å². The molecule has 2 bridgehead atoms. The number of hydrogen-bond acceptors (Lipinski definition) is 7. The van der Waals surface area contributed by atoms with Crippen LogP contribution in [0.2, 0.25) is 0 Å². The number of nitrogens with zero attached hydrogens (tertiary/aromatic N) is 2. The summed E-state index contributed by atoms with van der Waals surface area (Å²) in [5.74, 6) is 0.872. The van der Waals surface area contributed by atoms with Crippen LogP contribution < -0.4 is 19.7 Å². The molecule has 1 aromatic heterocycles. The fourth-order valence-corrected chi connectivity index (χ4v) is 4.83. The first-order valence-electron chi connectivity index (χ1n) is 9.82. The summed E-state index contributed by atoms with van der Waals surface area (Å²) in [6.45, 7) is 2.61. The van der Waals surface area contributed by atoms with Crippen LogP contribution in [0.15, 0.2) is 40.9 Å². The Balaban J connectivity index is 1.21. The van der Waals surface area contributed by atoms with E-state index in [1.165, 1.54) is 0 Å². The number of carbonyl (C=O) groups excluding carboxylic acids is 2. The molecule has 6 rings (SSSR count). The Morgan fingerprint density at radius 2 is 2.17 bits per heavy atom. The van der Waals surface area contributed by atoms with Gasteiger partial charge in [-0.05, 0) is 24.6 Å². The number of carbonyl (C=O) groups is 2. The van der Waals surface area contributed by atoms with Gasteiger partial charge in [0.1, 0.15) is 11.4 Å². The normalized spacial score (nSPS) is 30.2. The summed E-state index contributed by atoms with van der Waals surface area (Å²) in [5.41, 5.74) is 0.0920. The number of nitrogens with one attached hydrogen (secondary N) is 1. The summed E-state index contributed by atoms with van der Waals surface area (Å²) < 4.78 is 21.9. The monoisotopic (exact) mass is 409 g/mol. The van der Waals surface area contributed by atoms with E-state index < -0.39 is 23.5 Å². The molecule has 1 N–H and O–H groups in total. The quantitative estimate of drug-likeness (QED) is 0.760. The molecule has 4 atom stereocenters. The number of aryl methyl sites for hydroxylation is 1. The van der Waals surface area contributed by atoms with Crippen LogP contribution in [0.1, 0.15) is 11.3 Å². The number of ether oxygens (including phenoxy) is 3. The van der Waals surface area contributed by atoms with Crippen molar-refractivity contribution in [3.63, 3.8) is 0 Å². The molecule has 1 spiro atoms. The summed E-state index contributed by atoms with van der Waals surface area (Å²) in [6.07, 6.45) is 3.39. The van der Waals surface area contributed by atoms with Crippen molar-refractivity contribution in [3.05, 3.63) is 47.7 Å². The fourth-order valence-electron chi connectivity index (χ4n) is 4.83. The lowest BCUT2D eigenvalue weighted by atomic mass is 9.77. The third kappa shape index (κ3) is 2.41. The second-order valence-electron chi connectivity index (χ2n) is 8.03. The van der Waals surface area contributed by atoms with Gasteiger partial charge in [-0.1, -0.05) is 23.4 Å². The lowest BCUT2D eigenvalue weighted by Crippen LogP contribution is -2.44. The van der Waals surface area contributed by atoms with Crippen molar-refractivity contribution in [1.29, 1.82) is 0 Å². The third-order valence-corrected chi connectivity index (χ3v) is 6.20. The van der Waals surface area contributed by atoms with Gasteiger partial charge in [-0.15, -0.1) is 0 Å². The highest BCUT2D eigenvalue weighted by atomic mass is 16.7. The van der Waals surface area contributed by atoms with Crippen molar-refractivity contribution in [3.8, 4) is 11.5 Å². The maximum atomic E-state index is 13.2. The topological polar surface area (TPSA) is 103 Å². The molecule has 4 aliphatic rings. The number of amides is 2. The molecular weight excluding hydrogens is 390 g/mol. The van der Waals surface area contributed by atoms with Crippen LogP contribution in [0.4, 0.5) is 5.82 Å². The molecule has 5 heterocycles. The van der Waals surface area contributed by atoms with Crippen molar-refractivity contribution in [2.75, 3.05) is 18.2 Å². The Kier molecular flexibility index (Phi) is 3.55. The molecule has 4 aliphatic heterocycles. The van der Waals surface area contributed by atoms with Crippen LogP contribution >= 0.6 is 0 Å².